The normalized spacial score (nSPS) is 14.2. The molecule has 0 aromatic heterocycles. The molecule has 0 aromatic carbocycles. The summed E-state index contributed by atoms with van der Waals surface area (Å²) in [6, 6.07) is 0. The Morgan fingerprint density at radius 3 is 2.23 bits per heavy atom. The Balaban J connectivity index is 4.25. The lowest BCUT2D eigenvalue weighted by Gasteiger charge is -2.19. The molecule has 0 aliphatic carbocycles. The highest BCUT2D eigenvalue weighted by Crippen LogP contribution is 2.35. The number of alkyl halides is 3. The molecule has 0 saturated carbocycles. The molecule has 0 aromatic rings. The maximum atomic E-state index is 12.2. The fourth-order valence-electron chi connectivity index (χ4n) is 0.853. The Morgan fingerprint density at radius 1 is 1.38 bits per heavy atom. The van der Waals surface area contributed by atoms with E-state index in [2.05, 4.69) is 13.2 Å². The molecule has 0 spiro atoms. The Kier molecular flexibility index (Phi) is 5.14. The second-order valence-electron chi connectivity index (χ2n) is 2.62. The summed E-state index contributed by atoms with van der Waals surface area (Å²) < 4.78 is 36.7. The summed E-state index contributed by atoms with van der Waals surface area (Å²) in [4.78, 5) is 0. The van der Waals surface area contributed by atoms with Crippen LogP contribution in [0.4, 0.5) is 13.2 Å². The average molecular weight is 212 g/mol. The fourth-order valence-corrected chi connectivity index (χ4v) is 1.04. The van der Waals surface area contributed by atoms with Crippen molar-refractivity contribution < 1.29 is 13.2 Å². The summed E-state index contributed by atoms with van der Waals surface area (Å²) in [5, 5.41) is 0.129. The molecule has 1 radical (unpaired) electrons. The van der Waals surface area contributed by atoms with E-state index in [9.17, 15) is 13.2 Å². The van der Waals surface area contributed by atoms with Gasteiger partial charge in [0.25, 0.3) is 0 Å². The fraction of sp³-hybridized carbons (Fsp3) is 0.444. The topological polar surface area (TPSA) is 0 Å². The van der Waals surface area contributed by atoms with Gasteiger partial charge >= 0.3 is 6.18 Å². The van der Waals surface area contributed by atoms with Crippen molar-refractivity contribution in [1.82, 2.24) is 0 Å². The van der Waals surface area contributed by atoms with Gasteiger partial charge in [-0.1, -0.05) is 12.2 Å². The summed E-state index contributed by atoms with van der Waals surface area (Å²) in [5.41, 5.74) is 0. The molecule has 4 heteroatoms. The molecule has 0 rings (SSSR count). The third-order valence-electron chi connectivity index (χ3n) is 1.58. The molecule has 0 nitrogen and oxygen atoms in total. The SMILES string of the molecule is C=CCC(C[C](Cl)C=C)C(F)(F)F. The van der Waals surface area contributed by atoms with E-state index in [0.29, 0.717) is 0 Å². The highest BCUT2D eigenvalue weighted by Gasteiger charge is 2.39. The van der Waals surface area contributed by atoms with Crippen LogP contribution in [-0.4, -0.2) is 6.18 Å². The van der Waals surface area contributed by atoms with Crippen LogP contribution in [0.25, 0.3) is 0 Å². The summed E-state index contributed by atoms with van der Waals surface area (Å²) in [6.07, 6.45) is -2.10. The summed E-state index contributed by atoms with van der Waals surface area (Å²) in [6.45, 7) is 6.56. The van der Waals surface area contributed by atoms with Gasteiger partial charge in [-0.2, -0.15) is 13.2 Å². The zero-order chi connectivity index (χ0) is 10.5. The van der Waals surface area contributed by atoms with Gasteiger partial charge < -0.3 is 0 Å². The van der Waals surface area contributed by atoms with Crippen LogP contribution < -0.4 is 0 Å². The van der Waals surface area contributed by atoms with Crippen LogP contribution in [0.15, 0.2) is 25.3 Å². The van der Waals surface area contributed by atoms with Crippen LogP contribution in [0.2, 0.25) is 0 Å². The minimum atomic E-state index is -4.22. The van der Waals surface area contributed by atoms with E-state index < -0.39 is 12.1 Å². The lowest BCUT2D eigenvalue weighted by Crippen LogP contribution is -2.23. The molecule has 0 saturated heterocycles. The zero-order valence-corrected chi connectivity index (χ0v) is 7.83. The first-order valence-electron chi connectivity index (χ1n) is 3.73. The van der Waals surface area contributed by atoms with E-state index >= 15 is 0 Å². The highest BCUT2D eigenvalue weighted by atomic mass is 35.5. The molecule has 0 aliphatic heterocycles. The quantitative estimate of drug-likeness (QED) is 0.601. The van der Waals surface area contributed by atoms with Gasteiger partial charge in [-0.3, -0.25) is 0 Å². The molecule has 0 heterocycles. The van der Waals surface area contributed by atoms with Gasteiger partial charge in [-0.25, -0.2) is 0 Å². The third-order valence-corrected chi connectivity index (χ3v) is 1.89. The molecule has 1 unspecified atom stereocenters. The number of allylic oxidation sites excluding steroid dienone is 2. The van der Waals surface area contributed by atoms with Crippen LogP contribution in [0.1, 0.15) is 12.8 Å². The maximum Gasteiger partial charge on any atom is 0.392 e. The second kappa shape index (κ2) is 5.32. The van der Waals surface area contributed by atoms with Gasteiger partial charge in [-0.05, 0) is 12.8 Å². The van der Waals surface area contributed by atoms with Crippen LogP contribution in [-0.2, 0) is 0 Å². The van der Waals surface area contributed by atoms with E-state index in [1.165, 1.54) is 12.2 Å². The van der Waals surface area contributed by atoms with Crippen molar-refractivity contribution in [2.75, 3.05) is 0 Å². The molecule has 0 aliphatic rings. The Labute approximate surface area is 81.1 Å². The number of halogens is 4. The van der Waals surface area contributed by atoms with Crippen molar-refractivity contribution in [3.8, 4) is 0 Å². The van der Waals surface area contributed by atoms with Crippen molar-refractivity contribution in [3.05, 3.63) is 30.7 Å². The molecule has 0 bridgehead atoms. The standard InChI is InChI=1S/C9H11ClF3/c1-3-5-7(9(11,12)13)6-8(10)4-2/h3-4,7H,1-2,5-6H2. The van der Waals surface area contributed by atoms with Crippen molar-refractivity contribution in [2.45, 2.75) is 19.0 Å². The number of hydrogen-bond acceptors (Lipinski definition) is 0. The minimum absolute atomic E-state index is 0.117. The monoisotopic (exact) mass is 211 g/mol. The number of hydrogen-bond donors (Lipinski definition) is 0. The molecular weight excluding hydrogens is 201 g/mol. The first kappa shape index (κ1) is 12.6. The van der Waals surface area contributed by atoms with Crippen LogP contribution in [0.3, 0.4) is 0 Å². The molecule has 75 valence electrons. The van der Waals surface area contributed by atoms with Gasteiger partial charge in [0.2, 0.25) is 0 Å². The first-order chi connectivity index (χ1) is 5.91. The molecule has 0 fully saturated rings. The van der Waals surface area contributed by atoms with Gasteiger partial charge in [-0.15, -0.1) is 24.8 Å². The predicted molar refractivity (Wildman–Crippen MR) is 48.3 cm³/mol. The smallest absolute Gasteiger partial charge is 0.171 e. The van der Waals surface area contributed by atoms with Crippen molar-refractivity contribution in [2.24, 2.45) is 5.92 Å². The lowest BCUT2D eigenvalue weighted by molar-refractivity contribution is -0.173. The van der Waals surface area contributed by atoms with Crippen molar-refractivity contribution in [3.63, 3.8) is 0 Å². The average Bonchev–Trinajstić information content (AvgIpc) is 2.01. The Hall–Kier alpha value is -0.440. The highest BCUT2D eigenvalue weighted by molar-refractivity contribution is 6.28. The molecular formula is C9H11ClF3. The third kappa shape index (κ3) is 4.98. The lowest BCUT2D eigenvalue weighted by atomic mass is 9.99. The molecule has 1 atom stereocenters. The van der Waals surface area contributed by atoms with E-state index in [1.54, 1.807) is 0 Å². The van der Waals surface area contributed by atoms with E-state index in [-0.39, 0.29) is 18.2 Å². The van der Waals surface area contributed by atoms with Crippen LogP contribution in [0, 0.1) is 11.3 Å². The zero-order valence-electron chi connectivity index (χ0n) is 7.07. The van der Waals surface area contributed by atoms with E-state index in [0.717, 1.165) is 0 Å². The van der Waals surface area contributed by atoms with Gasteiger partial charge in [0.05, 0.1) is 11.3 Å². The van der Waals surface area contributed by atoms with E-state index in [4.69, 9.17) is 11.6 Å². The maximum absolute atomic E-state index is 12.2. The van der Waals surface area contributed by atoms with E-state index in [1.807, 2.05) is 0 Å². The second-order valence-corrected chi connectivity index (χ2v) is 3.10. The minimum Gasteiger partial charge on any atom is -0.171 e. The van der Waals surface area contributed by atoms with Crippen molar-refractivity contribution in [1.29, 1.82) is 0 Å². The van der Waals surface area contributed by atoms with Crippen LogP contribution in [0.5, 0.6) is 0 Å². The van der Waals surface area contributed by atoms with Gasteiger partial charge in [0.1, 0.15) is 0 Å². The first-order valence-corrected chi connectivity index (χ1v) is 4.11. The predicted octanol–water partition coefficient (Wildman–Crippen LogP) is 4.09. The molecule has 13 heavy (non-hydrogen) atoms. The Morgan fingerprint density at radius 2 is 1.92 bits per heavy atom. The summed E-state index contributed by atoms with van der Waals surface area (Å²) in [5.74, 6) is -1.45. The number of rotatable bonds is 5. The van der Waals surface area contributed by atoms with Gasteiger partial charge in [0, 0.05) is 0 Å². The molecule has 0 N–H and O–H groups in total. The Bertz CT molecular complexity index is 174. The molecule has 0 amide bonds. The largest absolute Gasteiger partial charge is 0.392 e. The summed E-state index contributed by atoms with van der Waals surface area (Å²) in [7, 11) is 0. The van der Waals surface area contributed by atoms with Gasteiger partial charge in [0.15, 0.2) is 0 Å². The van der Waals surface area contributed by atoms with Crippen LogP contribution >= 0.6 is 11.6 Å². The van der Waals surface area contributed by atoms with Crippen molar-refractivity contribution >= 4 is 11.6 Å². The summed E-state index contributed by atoms with van der Waals surface area (Å²) >= 11 is 5.47.